The largest absolute Gasteiger partial charge is 0.494 e. The van der Waals surface area contributed by atoms with E-state index in [-0.39, 0.29) is 22.6 Å². The summed E-state index contributed by atoms with van der Waals surface area (Å²) in [5.74, 6) is 1.47. The van der Waals surface area contributed by atoms with Crippen molar-refractivity contribution in [2.45, 2.75) is 67.2 Å². The second-order valence-electron chi connectivity index (χ2n) is 10.1. The molecule has 0 saturated carbocycles. The lowest BCUT2D eigenvalue weighted by Gasteiger charge is -2.18. The Morgan fingerprint density at radius 1 is 0.435 bits per heavy atom. The van der Waals surface area contributed by atoms with Gasteiger partial charge in [-0.15, -0.1) is 0 Å². The first-order valence-corrected chi connectivity index (χ1v) is 16.1. The molecule has 0 spiro atoms. The van der Waals surface area contributed by atoms with Crippen LogP contribution in [-0.2, 0) is 0 Å². The van der Waals surface area contributed by atoms with Gasteiger partial charge in [-0.1, -0.05) is 27.7 Å². The molecule has 0 N–H and O–H groups in total. The maximum absolute atomic E-state index is 13.5. The summed E-state index contributed by atoms with van der Waals surface area (Å²) in [5.41, 5.74) is 0.325. The number of benzene rings is 3. The highest BCUT2D eigenvalue weighted by Crippen LogP contribution is 2.37. The van der Waals surface area contributed by atoms with E-state index in [1.165, 1.54) is 24.3 Å². The summed E-state index contributed by atoms with van der Waals surface area (Å²) >= 11 is 0. The van der Waals surface area contributed by atoms with Crippen molar-refractivity contribution in [2.24, 2.45) is 0 Å². The minimum Gasteiger partial charge on any atom is -0.494 e. The standard InChI is InChI=1S/C36H46O10/c1-7-17-41-29-21-27(39-11-5)22-30(42-18-8-2)33(29)35(37)45-25-13-15-26(16-14-25)46-36(38)34-31(43-19-9-3)23-28(40-12-6)24-32(34)44-20-10-4/h13-16,21-24H,7-12,17-20H2,1-6H3. The third-order valence-electron chi connectivity index (χ3n) is 6.20. The Labute approximate surface area is 271 Å². The average Bonchev–Trinajstić information content (AvgIpc) is 3.05. The predicted molar refractivity (Wildman–Crippen MR) is 175 cm³/mol. The molecular weight excluding hydrogens is 592 g/mol. The Kier molecular flexibility index (Phi) is 14.8. The Balaban J connectivity index is 1.86. The van der Waals surface area contributed by atoms with Gasteiger partial charge in [0.2, 0.25) is 0 Å². The zero-order valence-corrected chi connectivity index (χ0v) is 27.8. The summed E-state index contributed by atoms with van der Waals surface area (Å²) in [6, 6.07) is 12.8. The van der Waals surface area contributed by atoms with Gasteiger partial charge in [-0.3, -0.25) is 0 Å². The molecule has 0 unspecified atom stereocenters. The van der Waals surface area contributed by atoms with Gasteiger partial charge < -0.3 is 37.9 Å². The lowest BCUT2D eigenvalue weighted by atomic mass is 10.1. The quantitative estimate of drug-likeness (QED) is 0.0890. The zero-order chi connectivity index (χ0) is 33.3. The van der Waals surface area contributed by atoms with E-state index in [0.29, 0.717) is 74.1 Å². The minimum atomic E-state index is -0.658. The summed E-state index contributed by atoms with van der Waals surface area (Å²) in [6.07, 6.45) is 2.98. The minimum absolute atomic E-state index is 0.163. The van der Waals surface area contributed by atoms with Crippen LogP contribution in [0, 0.1) is 0 Å². The van der Waals surface area contributed by atoms with Crippen molar-refractivity contribution in [1.82, 2.24) is 0 Å². The third-order valence-corrected chi connectivity index (χ3v) is 6.20. The van der Waals surface area contributed by atoms with E-state index in [4.69, 9.17) is 37.9 Å². The molecule has 46 heavy (non-hydrogen) atoms. The van der Waals surface area contributed by atoms with E-state index >= 15 is 0 Å². The molecule has 0 atom stereocenters. The lowest BCUT2D eigenvalue weighted by Crippen LogP contribution is -2.15. The van der Waals surface area contributed by atoms with E-state index in [9.17, 15) is 9.59 Å². The van der Waals surface area contributed by atoms with Crippen LogP contribution < -0.4 is 37.9 Å². The summed E-state index contributed by atoms with van der Waals surface area (Å²) < 4.78 is 46.4. The molecule has 10 heteroatoms. The van der Waals surface area contributed by atoms with Gasteiger partial charge in [-0.05, 0) is 63.8 Å². The molecule has 3 aromatic carbocycles. The van der Waals surface area contributed by atoms with Gasteiger partial charge in [-0.25, -0.2) is 9.59 Å². The van der Waals surface area contributed by atoms with Crippen molar-refractivity contribution in [3.05, 3.63) is 59.7 Å². The fourth-order valence-electron chi connectivity index (χ4n) is 4.23. The van der Waals surface area contributed by atoms with Crippen LogP contribution in [0.2, 0.25) is 0 Å². The van der Waals surface area contributed by atoms with Crippen LogP contribution >= 0.6 is 0 Å². The van der Waals surface area contributed by atoms with Crippen molar-refractivity contribution in [2.75, 3.05) is 39.6 Å². The van der Waals surface area contributed by atoms with Crippen LogP contribution in [0.1, 0.15) is 87.9 Å². The highest BCUT2D eigenvalue weighted by Gasteiger charge is 2.25. The molecule has 0 heterocycles. The zero-order valence-electron chi connectivity index (χ0n) is 27.8. The van der Waals surface area contributed by atoms with Gasteiger partial charge >= 0.3 is 11.9 Å². The molecule has 250 valence electrons. The second-order valence-corrected chi connectivity index (χ2v) is 10.1. The Bertz CT molecular complexity index is 1240. The van der Waals surface area contributed by atoms with E-state index in [0.717, 1.165) is 25.7 Å². The third kappa shape index (κ3) is 10.2. The van der Waals surface area contributed by atoms with Gasteiger partial charge in [0.15, 0.2) is 0 Å². The Morgan fingerprint density at radius 3 is 0.957 bits per heavy atom. The fraction of sp³-hybridized carbons (Fsp3) is 0.444. The monoisotopic (exact) mass is 638 g/mol. The fourth-order valence-corrected chi connectivity index (χ4v) is 4.23. The molecule has 0 amide bonds. The molecule has 0 radical (unpaired) electrons. The Morgan fingerprint density at radius 2 is 0.717 bits per heavy atom. The van der Waals surface area contributed by atoms with Crippen molar-refractivity contribution in [3.8, 4) is 46.0 Å². The molecule has 3 aromatic rings. The van der Waals surface area contributed by atoms with Gasteiger partial charge in [0.1, 0.15) is 57.1 Å². The molecule has 3 rings (SSSR count). The van der Waals surface area contributed by atoms with Crippen LogP contribution in [0.25, 0.3) is 0 Å². The van der Waals surface area contributed by atoms with Gasteiger partial charge in [0, 0.05) is 24.3 Å². The van der Waals surface area contributed by atoms with Crippen molar-refractivity contribution >= 4 is 11.9 Å². The highest BCUT2D eigenvalue weighted by atomic mass is 16.6. The molecule has 10 nitrogen and oxygen atoms in total. The smallest absolute Gasteiger partial charge is 0.351 e. The van der Waals surface area contributed by atoms with E-state index in [2.05, 4.69) is 0 Å². The first kappa shape index (κ1) is 35.9. The molecule has 0 bridgehead atoms. The van der Waals surface area contributed by atoms with Crippen LogP contribution in [0.3, 0.4) is 0 Å². The van der Waals surface area contributed by atoms with E-state index in [1.807, 2.05) is 41.5 Å². The van der Waals surface area contributed by atoms with Crippen LogP contribution in [0.4, 0.5) is 0 Å². The molecule has 0 aliphatic heterocycles. The maximum atomic E-state index is 13.5. The number of carbonyl (C=O) groups excluding carboxylic acids is 2. The van der Waals surface area contributed by atoms with Gasteiger partial charge in [-0.2, -0.15) is 0 Å². The average molecular weight is 639 g/mol. The molecule has 0 aromatic heterocycles. The number of hydrogen-bond acceptors (Lipinski definition) is 10. The molecule has 0 aliphatic carbocycles. The first-order valence-electron chi connectivity index (χ1n) is 16.1. The van der Waals surface area contributed by atoms with Crippen molar-refractivity contribution in [3.63, 3.8) is 0 Å². The number of ether oxygens (including phenoxy) is 8. The van der Waals surface area contributed by atoms with Crippen LogP contribution in [0.5, 0.6) is 46.0 Å². The molecule has 0 aliphatic rings. The first-order chi connectivity index (χ1) is 22.4. The van der Waals surface area contributed by atoms with Crippen molar-refractivity contribution in [1.29, 1.82) is 0 Å². The normalized spacial score (nSPS) is 10.6. The Hall–Kier alpha value is -4.60. The topological polar surface area (TPSA) is 108 Å². The maximum Gasteiger partial charge on any atom is 0.351 e. The second kappa shape index (κ2) is 19.0. The SMILES string of the molecule is CCCOc1cc(OCC)cc(OCCC)c1C(=O)Oc1ccc(OC(=O)c2c(OCCC)cc(OCC)cc2OCCC)cc1. The molecule has 0 saturated heterocycles. The predicted octanol–water partition coefficient (Wildman–Crippen LogP) is 8.08. The summed E-state index contributed by atoms with van der Waals surface area (Å²) in [7, 11) is 0. The van der Waals surface area contributed by atoms with Crippen LogP contribution in [0.15, 0.2) is 48.5 Å². The summed E-state index contributed by atoms with van der Waals surface area (Å²) in [4.78, 5) is 26.9. The van der Waals surface area contributed by atoms with Crippen molar-refractivity contribution < 1.29 is 47.5 Å². The van der Waals surface area contributed by atoms with E-state index in [1.54, 1.807) is 24.3 Å². The number of esters is 2. The lowest BCUT2D eigenvalue weighted by molar-refractivity contribution is 0.0708. The highest BCUT2D eigenvalue weighted by molar-refractivity contribution is 5.98. The van der Waals surface area contributed by atoms with E-state index < -0.39 is 11.9 Å². The number of hydrogen-bond donors (Lipinski definition) is 0. The number of rotatable bonds is 20. The van der Waals surface area contributed by atoms with Gasteiger partial charge in [0.05, 0.1) is 39.6 Å². The molecular formula is C36H46O10. The summed E-state index contributed by atoms with van der Waals surface area (Å²) in [6.45, 7) is 14.1. The number of carbonyl (C=O) groups is 2. The summed E-state index contributed by atoms with van der Waals surface area (Å²) in [5, 5.41) is 0. The van der Waals surface area contributed by atoms with Crippen LogP contribution in [-0.4, -0.2) is 51.6 Å². The van der Waals surface area contributed by atoms with Gasteiger partial charge in [0.25, 0.3) is 0 Å². The molecule has 0 fully saturated rings.